The minimum atomic E-state index is -3.60. The molecule has 0 bridgehead atoms. The van der Waals surface area contributed by atoms with E-state index in [9.17, 15) is 13.2 Å². The predicted octanol–water partition coefficient (Wildman–Crippen LogP) is 2.44. The third kappa shape index (κ3) is 4.30. The Morgan fingerprint density at radius 3 is 2.62 bits per heavy atom. The van der Waals surface area contributed by atoms with Gasteiger partial charge in [0, 0.05) is 23.5 Å². The maximum absolute atomic E-state index is 12.2. The number of aliphatic carboxylic acids is 1. The highest BCUT2D eigenvalue weighted by Gasteiger charge is 2.30. The highest BCUT2D eigenvalue weighted by molar-refractivity contribution is 7.92. The Bertz CT molecular complexity index is 639. The monoisotopic (exact) mass is 329 g/mol. The maximum atomic E-state index is 12.2. The second kappa shape index (κ2) is 6.60. The van der Waals surface area contributed by atoms with Gasteiger partial charge in [-0.3, -0.25) is 4.79 Å². The lowest BCUT2D eigenvalue weighted by atomic mass is 10.0. The first-order valence-electron chi connectivity index (χ1n) is 6.55. The Kier molecular flexibility index (Phi) is 5.03. The molecule has 0 radical (unpaired) electrons. The Labute approximate surface area is 128 Å². The van der Waals surface area contributed by atoms with Crippen LogP contribution in [0.15, 0.2) is 29.7 Å². The normalized spacial score (nSPS) is 20.7. The zero-order valence-corrected chi connectivity index (χ0v) is 12.8. The molecule has 1 N–H and O–H groups in total. The maximum Gasteiger partial charge on any atom is 0.307 e. The molecular formula is C14H16ClNO4S. The Morgan fingerprint density at radius 1 is 1.33 bits per heavy atom. The van der Waals surface area contributed by atoms with Gasteiger partial charge in [-0.05, 0) is 36.6 Å². The largest absolute Gasteiger partial charge is 0.481 e. The van der Waals surface area contributed by atoms with Crippen molar-refractivity contribution >= 4 is 33.7 Å². The second-order valence-electron chi connectivity index (χ2n) is 4.93. The number of rotatable bonds is 4. The van der Waals surface area contributed by atoms with E-state index in [2.05, 4.69) is 0 Å². The van der Waals surface area contributed by atoms with Crippen LogP contribution in [0.4, 0.5) is 0 Å². The molecule has 1 aromatic rings. The SMILES string of the molecule is O=C(O)[C@H]1CCCN(S(=O)(=O)/C=C/c2ccc(Cl)cc2)C1. The summed E-state index contributed by atoms with van der Waals surface area (Å²) in [5, 5.41) is 10.7. The van der Waals surface area contributed by atoms with Crippen molar-refractivity contribution in [1.82, 2.24) is 4.31 Å². The third-order valence-corrected chi connectivity index (χ3v) is 5.18. The number of sulfonamides is 1. The lowest BCUT2D eigenvalue weighted by Crippen LogP contribution is -2.41. The summed E-state index contributed by atoms with van der Waals surface area (Å²) in [5.41, 5.74) is 0.717. The van der Waals surface area contributed by atoms with Crippen molar-refractivity contribution in [3.63, 3.8) is 0 Å². The molecule has 0 aliphatic carbocycles. The van der Waals surface area contributed by atoms with E-state index in [1.54, 1.807) is 24.3 Å². The molecule has 1 aromatic carbocycles. The molecule has 1 aliphatic rings. The van der Waals surface area contributed by atoms with Crippen molar-refractivity contribution < 1.29 is 18.3 Å². The van der Waals surface area contributed by atoms with Crippen LogP contribution in [-0.2, 0) is 14.8 Å². The number of carboxylic acids is 1. The number of hydrogen-bond donors (Lipinski definition) is 1. The number of hydrogen-bond acceptors (Lipinski definition) is 3. The zero-order chi connectivity index (χ0) is 15.5. The van der Waals surface area contributed by atoms with Gasteiger partial charge >= 0.3 is 5.97 Å². The fraction of sp³-hybridized carbons (Fsp3) is 0.357. The van der Waals surface area contributed by atoms with Crippen LogP contribution in [0.25, 0.3) is 6.08 Å². The quantitative estimate of drug-likeness (QED) is 0.920. The van der Waals surface area contributed by atoms with Crippen molar-refractivity contribution in [2.45, 2.75) is 12.8 Å². The number of nitrogens with zero attached hydrogens (tertiary/aromatic N) is 1. The average molecular weight is 330 g/mol. The first-order valence-corrected chi connectivity index (χ1v) is 8.43. The minimum Gasteiger partial charge on any atom is -0.481 e. The standard InChI is InChI=1S/C14H16ClNO4S/c15-13-5-3-11(4-6-13)7-9-21(19,20)16-8-1-2-12(10-16)14(17)18/h3-7,9,12H,1-2,8,10H2,(H,17,18)/b9-7+/t12-/m0/s1. The van der Waals surface area contributed by atoms with Gasteiger partial charge in [0.25, 0.3) is 0 Å². The molecule has 1 heterocycles. The highest BCUT2D eigenvalue weighted by atomic mass is 35.5. The van der Waals surface area contributed by atoms with Gasteiger partial charge in [0.1, 0.15) is 0 Å². The van der Waals surface area contributed by atoms with Gasteiger partial charge < -0.3 is 5.11 Å². The van der Waals surface area contributed by atoms with E-state index < -0.39 is 21.9 Å². The number of halogens is 1. The number of piperidine rings is 1. The van der Waals surface area contributed by atoms with E-state index in [-0.39, 0.29) is 6.54 Å². The molecule has 1 aliphatic heterocycles. The number of benzene rings is 1. The van der Waals surface area contributed by atoms with E-state index >= 15 is 0 Å². The summed E-state index contributed by atoms with van der Waals surface area (Å²) >= 11 is 5.76. The van der Waals surface area contributed by atoms with E-state index in [0.29, 0.717) is 24.4 Å². The Balaban J connectivity index is 2.10. The van der Waals surface area contributed by atoms with Gasteiger partial charge in [-0.15, -0.1) is 0 Å². The lowest BCUT2D eigenvalue weighted by Gasteiger charge is -2.28. The van der Waals surface area contributed by atoms with Crippen LogP contribution in [0.5, 0.6) is 0 Å². The molecule has 0 saturated carbocycles. The molecule has 0 spiro atoms. The van der Waals surface area contributed by atoms with Crippen LogP contribution in [-0.4, -0.2) is 36.9 Å². The van der Waals surface area contributed by atoms with Gasteiger partial charge in [-0.2, -0.15) is 4.31 Å². The smallest absolute Gasteiger partial charge is 0.307 e. The van der Waals surface area contributed by atoms with Crippen molar-refractivity contribution in [3.8, 4) is 0 Å². The van der Waals surface area contributed by atoms with Crippen LogP contribution in [0, 0.1) is 5.92 Å². The molecule has 21 heavy (non-hydrogen) atoms. The fourth-order valence-corrected chi connectivity index (χ4v) is 3.60. The Morgan fingerprint density at radius 2 is 2.00 bits per heavy atom. The van der Waals surface area contributed by atoms with E-state index in [4.69, 9.17) is 16.7 Å². The summed E-state index contributed by atoms with van der Waals surface area (Å²) in [6.45, 7) is 0.389. The van der Waals surface area contributed by atoms with E-state index in [1.807, 2.05) is 0 Å². The molecule has 1 fully saturated rings. The summed E-state index contributed by atoms with van der Waals surface area (Å²) in [7, 11) is -3.60. The van der Waals surface area contributed by atoms with Crippen molar-refractivity contribution in [2.24, 2.45) is 5.92 Å². The topological polar surface area (TPSA) is 74.7 Å². The molecule has 1 atom stereocenters. The van der Waals surface area contributed by atoms with Crippen LogP contribution < -0.4 is 0 Å². The fourth-order valence-electron chi connectivity index (χ4n) is 2.20. The first-order chi connectivity index (χ1) is 9.88. The summed E-state index contributed by atoms with van der Waals surface area (Å²) in [4.78, 5) is 11.0. The summed E-state index contributed by atoms with van der Waals surface area (Å²) in [6, 6.07) is 6.78. The summed E-state index contributed by atoms with van der Waals surface area (Å²) < 4.78 is 25.7. The lowest BCUT2D eigenvalue weighted by molar-refractivity contribution is -0.142. The average Bonchev–Trinajstić information content (AvgIpc) is 2.47. The van der Waals surface area contributed by atoms with Gasteiger partial charge in [0.15, 0.2) is 0 Å². The molecule has 114 valence electrons. The van der Waals surface area contributed by atoms with Gasteiger partial charge in [-0.25, -0.2) is 8.42 Å². The number of carboxylic acid groups (broad SMARTS) is 1. The molecule has 1 saturated heterocycles. The van der Waals surface area contributed by atoms with Gasteiger partial charge in [-0.1, -0.05) is 23.7 Å². The van der Waals surface area contributed by atoms with Crippen LogP contribution in [0.3, 0.4) is 0 Å². The van der Waals surface area contributed by atoms with Crippen LogP contribution in [0.1, 0.15) is 18.4 Å². The van der Waals surface area contributed by atoms with Gasteiger partial charge in [0.05, 0.1) is 5.92 Å². The van der Waals surface area contributed by atoms with E-state index in [0.717, 1.165) is 11.0 Å². The molecular weight excluding hydrogens is 314 g/mol. The predicted molar refractivity (Wildman–Crippen MR) is 81.3 cm³/mol. The summed E-state index contributed by atoms with van der Waals surface area (Å²) in [6.07, 6.45) is 2.56. The molecule has 0 unspecified atom stereocenters. The molecule has 2 rings (SSSR count). The Hall–Kier alpha value is -1.37. The minimum absolute atomic E-state index is 0.0304. The van der Waals surface area contributed by atoms with Gasteiger partial charge in [0.2, 0.25) is 10.0 Å². The zero-order valence-electron chi connectivity index (χ0n) is 11.3. The van der Waals surface area contributed by atoms with Crippen LogP contribution >= 0.6 is 11.6 Å². The van der Waals surface area contributed by atoms with Crippen molar-refractivity contribution in [3.05, 3.63) is 40.3 Å². The molecule has 0 amide bonds. The molecule has 5 nitrogen and oxygen atoms in total. The third-order valence-electron chi connectivity index (χ3n) is 3.40. The highest BCUT2D eigenvalue weighted by Crippen LogP contribution is 2.21. The van der Waals surface area contributed by atoms with Crippen molar-refractivity contribution in [1.29, 1.82) is 0 Å². The summed E-state index contributed by atoms with van der Waals surface area (Å²) in [5.74, 6) is -1.57. The molecule has 0 aromatic heterocycles. The molecule has 7 heteroatoms. The first kappa shape index (κ1) is 16.0. The van der Waals surface area contributed by atoms with Crippen molar-refractivity contribution in [2.75, 3.05) is 13.1 Å². The second-order valence-corrected chi connectivity index (χ2v) is 7.19. The van der Waals surface area contributed by atoms with Crippen LogP contribution in [0.2, 0.25) is 5.02 Å². The van der Waals surface area contributed by atoms with E-state index in [1.165, 1.54) is 10.4 Å². The number of carbonyl (C=O) groups is 1.